The molecule has 7 nitrogen and oxygen atoms in total. The Bertz CT molecular complexity index is 513. The maximum absolute atomic E-state index is 10.9. The van der Waals surface area contributed by atoms with E-state index in [-0.39, 0.29) is 17.2 Å². The number of nitrogens with zero attached hydrogens (tertiary/aromatic N) is 3. The maximum atomic E-state index is 10.9. The summed E-state index contributed by atoms with van der Waals surface area (Å²) in [6.45, 7) is 5.82. The average molecular weight is 251 g/mol. The van der Waals surface area contributed by atoms with Gasteiger partial charge in [0.25, 0.3) is 0 Å². The van der Waals surface area contributed by atoms with Crippen molar-refractivity contribution in [3.8, 4) is 0 Å². The Morgan fingerprint density at radius 3 is 2.67 bits per heavy atom. The van der Waals surface area contributed by atoms with Crippen molar-refractivity contribution in [2.24, 2.45) is 0 Å². The van der Waals surface area contributed by atoms with Gasteiger partial charge in [-0.1, -0.05) is 12.2 Å². The first-order chi connectivity index (χ1) is 8.32. The number of carboxylic acid groups (broad SMARTS) is 1. The Hall–Kier alpha value is -2.44. The normalized spacial score (nSPS) is 9.89. The van der Waals surface area contributed by atoms with Gasteiger partial charge in [-0.3, -0.25) is 10.1 Å². The predicted octanol–water partition coefficient (Wildman–Crippen LogP) is 1.70. The Balaban J connectivity index is 3.26. The zero-order valence-electron chi connectivity index (χ0n) is 10.1. The van der Waals surface area contributed by atoms with E-state index in [1.807, 2.05) is 0 Å². The van der Waals surface area contributed by atoms with E-state index in [0.717, 1.165) is 17.7 Å². The molecule has 0 saturated heterocycles. The molecular weight excluding hydrogens is 238 g/mol. The van der Waals surface area contributed by atoms with E-state index in [2.05, 4.69) is 11.6 Å². The topological polar surface area (TPSA) is 96.6 Å². The van der Waals surface area contributed by atoms with Crippen LogP contribution in [0.4, 0.5) is 11.5 Å². The zero-order valence-corrected chi connectivity index (χ0v) is 10.1. The number of likely N-dealkylation sites (N-methyl/N-ethyl adjacent to an activating group) is 1. The summed E-state index contributed by atoms with van der Waals surface area (Å²) in [4.78, 5) is 26.4. The summed E-state index contributed by atoms with van der Waals surface area (Å²) in [6.07, 6.45) is 0. The Labute approximate surface area is 104 Å². The molecule has 0 aliphatic heterocycles. The SMILES string of the molecule is C=C(C)CN(C)c1nc(C(=O)O)ccc1[N+](=O)[O-]. The van der Waals surface area contributed by atoms with Crippen LogP contribution in [0, 0.1) is 10.1 Å². The van der Waals surface area contributed by atoms with Crippen LogP contribution in [-0.2, 0) is 0 Å². The van der Waals surface area contributed by atoms with E-state index in [9.17, 15) is 14.9 Å². The molecule has 7 heteroatoms. The van der Waals surface area contributed by atoms with Gasteiger partial charge < -0.3 is 10.0 Å². The molecule has 1 aromatic heterocycles. The maximum Gasteiger partial charge on any atom is 0.354 e. The highest BCUT2D eigenvalue weighted by Gasteiger charge is 2.21. The van der Waals surface area contributed by atoms with E-state index in [4.69, 9.17) is 5.11 Å². The molecular formula is C11H13N3O4. The molecule has 18 heavy (non-hydrogen) atoms. The van der Waals surface area contributed by atoms with Gasteiger partial charge in [-0.15, -0.1) is 0 Å². The number of anilines is 1. The summed E-state index contributed by atoms with van der Waals surface area (Å²) >= 11 is 0. The summed E-state index contributed by atoms with van der Waals surface area (Å²) in [5.41, 5.74) is 0.322. The number of hydrogen-bond donors (Lipinski definition) is 1. The average Bonchev–Trinajstić information content (AvgIpc) is 2.26. The lowest BCUT2D eigenvalue weighted by atomic mass is 10.2. The molecule has 0 aromatic carbocycles. The van der Waals surface area contributed by atoms with Crippen LogP contribution in [-0.4, -0.2) is 34.6 Å². The monoisotopic (exact) mass is 251 g/mol. The van der Waals surface area contributed by atoms with Crippen molar-refractivity contribution in [2.75, 3.05) is 18.5 Å². The number of hydrogen-bond acceptors (Lipinski definition) is 5. The van der Waals surface area contributed by atoms with Crippen LogP contribution in [0.15, 0.2) is 24.3 Å². The molecule has 1 N–H and O–H groups in total. The molecule has 0 spiro atoms. The Kier molecular flexibility index (Phi) is 3.98. The van der Waals surface area contributed by atoms with Crippen molar-refractivity contribution in [1.29, 1.82) is 0 Å². The number of pyridine rings is 1. The number of aromatic carboxylic acids is 1. The summed E-state index contributed by atoms with van der Waals surface area (Å²) in [6, 6.07) is 2.25. The van der Waals surface area contributed by atoms with Crippen molar-refractivity contribution < 1.29 is 14.8 Å². The van der Waals surface area contributed by atoms with Gasteiger partial charge in [-0.2, -0.15) is 0 Å². The first-order valence-electron chi connectivity index (χ1n) is 5.07. The fourth-order valence-electron chi connectivity index (χ4n) is 1.46. The highest BCUT2D eigenvalue weighted by Crippen LogP contribution is 2.25. The number of aromatic nitrogens is 1. The lowest BCUT2D eigenvalue weighted by molar-refractivity contribution is -0.384. The van der Waals surface area contributed by atoms with Crippen LogP contribution >= 0.6 is 0 Å². The Morgan fingerprint density at radius 2 is 2.22 bits per heavy atom. The highest BCUT2D eigenvalue weighted by atomic mass is 16.6. The molecule has 0 amide bonds. The number of carboxylic acids is 1. The highest BCUT2D eigenvalue weighted by molar-refractivity contribution is 5.86. The first kappa shape index (κ1) is 13.6. The van der Waals surface area contributed by atoms with Gasteiger partial charge in [0.1, 0.15) is 0 Å². The van der Waals surface area contributed by atoms with E-state index in [1.54, 1.807) is 14.0 Å². The third-order valence-electron chi connectivity index (χ3n) is 2.14. The summed E-state index contributed by atoms with van der Waals surface area (Å²) in [5.74, 6) is -1.21. The van der Waals surface area contributed by atoms with Gasteiger partial charge in [0.05, 0.1) is 4.92 Å². The number of carbonyl (C=O) groups is 1. The van der Waals surface area contributed by atoms with Gasteiger partial charge in [-0.25, -0.2) is 9.78 Å². The molecule has 0 unspecified atom stereocenters. The Morgan fingerprint density at radius 1 is 1.61 bits per heavy atom. The van der Waals surface area contributed by atoms with Gasteiger partial charge in [0, 0.05) is 19.7 Å². The molecule has 0 aliphatic rings. The molecule has 1 aromatic rings. The van der Waals surface area contributed by atoms with E-state index >= 15 is 0 Å². The molecule has 0 aliphatic carbocycles. The van der Waals surface area contributed by atoms with Crippen LogP contribution in [0.25, 0.3) is 0 Å². The van der Waals surface area contributed by atoms with Crippen LogP contribution in [0.5, 0.6) is 0 Å². The van der Waals surface area contributed by atoms with Crippen molar-refractivity contribution in [3.05, 3.63) is 40.1 Å². The second-order valence-electron chi connectivity index (χ2n) is 3.91. The third kappa shape index (κ3) is 3.03. The molecule has 0 saturated carbocycles. The smallest absolute Gasteiger partial charge is 0.354 e. The molecule has 1 rings (SSSR count). The zero-order chi connectivity index (χ0) is 13.9. The lowest BCUT2D eigenvalue weighted by Gasteiger charge is -2.18. The molecule has 96 valence electrons. The first-order valence-corrected chi connectivity index (χ1v) is 5.07. The standard InChI is InChI=1S/C11H13N3O4/c1-7(2)6-13(3)10-9(14(17)18)5-4-8(12-10)11(15)16/h4-5H,1,6H2,2-3H3,(H,15,16). The van der Waals surface area contributed by atoms with Crippen LogP contribution in [0.3, 0.4) is 0 Å². The minimum absolute atomic E-state index is 0.0166. The fraction of sp³-hybridized carbons (Fsp3) is 0.273. The van der Waals surface area contributed by atoms with E-state index in [0.29, 0.717) is 6.54 Å². The molecule has 1 heterocycles. The molecule has 0 fully saturated rings. The van der Waals surface area contributed by atoms with Crippen molar-refractivity contribution in [3.63, 3.8) is 0 Å². The third-order valence-corrected chi connectivity index (χ3v) is 2.14. The van der Waals surface area contributed by atoms with Crippen LogP contribution in [0.1, 0.15) is 17.4 Å². The van der Waals surface area contributed by atoms with E-state index in [1.165, 1.54) is 4.90 Å². The van der Waals surface area contributed by atoms with Gasteiger partial charge >= 0.3 is 11.7 Å². The van der Waals surface area contributed by atoms with Crippen molar-refractivity contribution in [1.82, 2.24) is 4.98 Å². The quantitative estimate of drug-likeness (QED) is 0.486. The number of nitro groups is 1. The van der Waals surface area contributed by atoms with Crippen LogP contribution in [0.2, 0.25) is 0 Å². The number of rotatable bonds is 5. The second-order valence-corrected chi connectivity index (χ2v) is 3.91. The minimum Gasteiger partial charge on any atom is -0.477 e. The van der Waals surface area contributed by atoms with Gasteiger partial charge in [0.2, 0.25) is 5.82 Å². The molecule has 0 atom stereocenters. The summed E-state index contributed by atoms with van der Waals surface area (Å²) < 4.78 is 0. The van der Waals surface area contributed by atoms with Crippen LogP contribution < -0.4 is 4.90 Å². The fourth-order valence-corrected chi connectivity index (χ4v) is 1.46. The second kappa shape index (κ2) is 5.26. The summed E-state index contributed by atoms with van der Waals surface area (Å²) in [7, 11) is 1.59. The minimum atomic E-state index is -1.23. The summed E-state index contributed by atoms with van der Waals surface area (Å²) in [5, 5.41) is 19.7. The largest absolute Gasteiger partial charge is 0.477 e. The van der Waals surface area contributed by atoms with E-state index < -0.39 is 10.9 Å². The predicted molar refractivity (Wildman–Crippen MR) is 65.9 cm³/mol. The lowest BCUT2D eigenvalue weighted by Crippen LogP contribution is -2.22. The van der Waals surface area contributed by atoms with Crippen molar-refractivity contribution in [2.45, 2.75) is 6.92 Å². The molecule has 0 bridgehead atoms. The van der Waals surface area contributed by atoms with Crippen molar-refractivity contribution >= 4 is 17.5 Å². The van der Waals surface area contributed by atoms with Gasteiger partial charge in [-0.05, 0) is 13.0 Å². The molecule has 0 radical (unpaired) electrons. The van der Waals surface area contributed by atoms with Gasteiger partial charge in [0.15, 0.2) is 5.69 Å².